The highest BCUT2D eigenvalue weighted by molar-refractivity contribution is 5.66. The smallest absolute Gasteiger partial charge is 0.304 e. The molecule has 0 amide bonds. The Labute approximate surface area is 125 Å². The first-order valence-corrected chi connectivity index (χ1v) is 7.70. The molecule has 3 atom stereocenters. The van der Waals surface area contributed by atoms with Gasteiger partial charge in [0.25, 0.3) is 0 Å². The van der Waals surface area contributed by atoms with Gasteiger partial charge >= 0.3 is 5.97 Å². The number of hydrogen-bond donors (Lipinski definition) is 2. The summed E-state index contributed by atoms with van der Waals surface area (Å²) in [5, 5.41) is 18.7. The van der Waals surface area contributed by atoms with Gasteiger partial charge in [-0.2, -0.15) is 0 Å². The van der Waals surface area contributed by atoms with Gasteiger partial charge in [-0.05, 0) is 54.0 Å². The number of piperidine rings is 1. The van der Waals surface area contributed by atoms with E-state index >= 15 is 0 Å². The molecule has 0 saturated carbocycles. The minimum atomic E-state index is -0.725. The van der Waals surface area contributed by atoms with Gasteiger partial charge in [0.1, 0.15) is 5.75 Å². The van der Waals surface area contributed by atoms with Gasteiger partial charge in [-0.3, -0.25) is 9.69 Å². The Balaban J connectivity index is 1.92. The summed E-state index contributed by atoms with van der Waals surface area (Å²) < 4.78 is 0. The average molecular weight is 289 g/mol. The van der Waals surface area contributed by atoms with Crippen LogP contribution in [0.2, 0.25) is 0 Å². The number of benzene rings is 1. The van der Waals surface area contributed by atoms with E-state index in [1.165, 1.54) is 11.1 Å². The number of carbonyl (C=O) groups is 1. The maximum Gasteiger partial charge on any atom is 0.304 e. The lowest BCUT2D eigenvalue weighted by Gasteiger charge is -2.54. The van der Waals surface area contributed by atoms with E-state index in [-0.39, 0.29) is 11.8 Å². The Bertz CT molecular complexity index is 571. The number of carboxylic acids is 1. The fourth-order valence-corrected chi connectivity index (χ4v) is 4.21. The molecule has 4 nitrogen and oxygen atoms in total. The fraction of sp³-hybridized carbons (Fsp3) is 0.588. The maximum absolute atomic E-state index is 10.8. The molecule has 1 heterocycles. The molecule has 1 aromatic carbocycles. The van der Waals surface area contributed by atoms with Crippen LogP contribution in [0, 0.1) is 5.92 Å². The van der Waals surface area contributed by atoms with Crippen LogP contribution in [-0.2, 0) is 16.6 Å². The van der Waals surface area contributed by atoms with Crippen molar-refractivity contribution in [2.45, 2.75) is 44.6 Å². The van der Waals surface area contributed by atoms with Crippen molar-refractivity contribution in [3.63, 3.8) is 0 Å². The number of aromatic hydroxyl groups is 1. The van der Waals surface area contributed by atoms with E-state index in [1.807, 2.05) is 12.1 Å². The van der Waals surface area contributed by atoms with E-state index in [2.05, 4.69) is 18.7 Å². The molecule has 0 radical (unpaired) electrons. The monoisotopic (exact) mass is 289 g/mol. The lowest BCUT2D eigenvalue weighted by Crippen LogP contribution is -2.58. The average Bonchev–Trinajstić information content (AvgIpc) is 2.43. The lowest BCUT2D eigenvalue weighted by atomic mass is 9.59. The van der Waals surface area contributed by atoms with Gasteiger partial charge in [0.05, 0.1) is 6.42 Å². The number of hydrogen-bond acceptors (Lipinski definition) is 3. The summed E-state index contributed by atoms with van der Waals surface area (Å²) in [6.07, 6.45) is 2.18. The molecule has 1 aliphatic carbocycles. The Morgan fingerprint density at radius 3 is 2.95 bits per heavy atom. The summed E-state index contributed by atoms with van der Waals surface area (Å²) in [7, 11) is 0. The summed E-state index contributed by atoms with van der Waals surface area (Å²) in [5.41, 5.74) is 2.67. The first-order chi connectivity index (χ1) is 9.91. The number of phenols is 1. The summed E-state index contributed by atoms with van der Waals surface area (Å²) in [6.45, 7) is 6.13. The van der Waals surface area contributed by atoms with E-state index in [1.54, 1.807) is 6.07 Å². The first-order valence-electron chi connectivity index (χ1n) is 7.70. The van der Waals surface area contributed by atoms with Gasteiger partial charge in [0.15, 0.2) is 0 Å². The molecule has 3 rings (SSSR count). The van der Waals surface area contributed by atoms with Gasteiger partial charge in [-0.15, -0.1) is 0 Å². The van der Waals surface area contributed by atoms with Crippen LogP contribution in [-0.4, -0.2) is 40.2 Å². The van der Waals surface area contributed by atoms with Gasteiger partial charge < -0.3 is 10.2 Å². The molecule has 21 heavy (non-hydrogen) atoms. The Kier molecular flexibility index (Phi) is 3.44. The first kappa shape index (κ1) is 14.4. The van der Waals surface area contributed by atoms with Crippen LogP contribution in [0.5, 0.6) is 5.75 Å². The highest BCUT2D eigenvalue weighted by atomic mass is 16.4. The van der Waals surface area contributed by atoms with E-state index < -0.39 is 5.97 Å². The number of likely N-dealkylation sites (tertiary alicyclic amines) is 1. The number of nitrogens with zero attached hydrogens (tertiary/aromatic N) is 1. The molecule has 2 aliphatic rings. The van der Waals surface area contributed by atoms with E-state index in [0.29, 0.717) is 24.3 Å². The van der Waals surface area contributed by atoms with Crippen molar-refractivity contribution in [1.82, 2.24) is 4.90 Å². The van der Waals surface area contributed by atoms with Crippen LogP contribution in [0.1, 0.15) is 37.8 Å². The predicted octanol–water partition coefficient (Wildman–Crippen LogP) is 2.39. The van der Waals surface area contributed by atoms with Crippen LogP contribution in [0.25, 0.3) is 0 Å². The van der Waals surface area contributed by atoms with Crippen LogP contribution in [0.15, 0.2) is 18.2 Å². The van der Waals surface area contributed by atoms with Crippen LogP contribution >= 0.6 is 0 Å². The molecule has 4 heteroatoms. The maximum atomic E-state index is 10.8. The topological polar surface area (TPSA) is 60.8 Å². The number of phenolic OH excluding ortho intramolecular Hbond substituents is 1. The highest BCUT2D eigenvalue weighted by Crippen LogP contribution is 2.49. The van der Waals surface area contributed by atoms with Crippen molar-refractivity contribution in [3.05, 3.63) is 29.3 Å². The number of aliphatic carboxylic acids is 1. The van der Waals surface area contributed by atoms with Crippen LogP contribution < -0.4 is 0 Å². The second kappa shape index (κ2) is 5.02. The van der Waals surface area contributed by atoms with Crippen molar-refractivity contribution in [1.29, 1.82) is 0 Å². The molecule has 114 valence electrons. The van der Waals surface area contributed by atoms with Gasteiger partial charge in [-0.1, -0.05) is 19.9 Å². The van der Waals surface area contributed by atoms with Crippen molar-refractivity contribution in [3.8, 4) is 5.75 Å². The molecular formula is C17H23NO3. The normalized spacial score (nSPS) is 31.7. The second-order valence-corrected chi connectivity index (χ2v) is 6.75. The SMILES string of the molecule is C[C@H]1C2Cc3ccc(O)cc3[C@@]1(C)CCN2CCC(=O)O. The molecular weight excluding hydrogens is 266 g/mol. The van der Waals surface area contributed by atoms with Crippen LogP contribution in [0.3, 0.4) is 0 Å². The lowest BCUT2D eigenvalue weighted by molar-refractivity contribution is -0.137. The zero-order valence-corrected chi connectivity index (χ0v) is 12.7. The van der Waals surface area contributed by atoms with Gasteiger partial charge in [0, 0.05) is 12.6 Å². The van der Waals surface area contributed by atoms with E-state index in [0.717, 1.165) is 19.4 Å². The van der Waals surface area contributed by atoms with Crippen molar-refractivity contribution in [2.75, 3.05) is 13.1 Å². The zero-order chi connectivity index (χ0) is 15.2. The minimum Gasteiger partial charge on any atom is -0.508 e. The molecule has 1 unspecified atom stereocenters. The van der Waals surface area contributed by atoms with Gasteiger partial charge in [-0.25, -0.2) is 0 Å². The molecule has 1 aliphatic heterocycles. The quantitative estimate of drug-likeness (QED) is 0.897. The number of rotatable bonds is 3. The Morgan fingerprint density at radius 1 is 1.48 bits per heavy atom. The largest absolute Gasteiger partial charge is 0.508 e. The predicted molar refractivity (Wildman–Crippen MR) is 80.6 cm³/mol. The highest BCUT2D eigenvalue weighted by Gasteiger charge is 2.48. The van der Waals surface area contributed by atoms with Crippen molar-refractivity contribution >= 4 is 5.97 Å². The third kappa shape index (κ3) is 2.31. The molecule has 2 N–H and O–H groups in total. The van der Waals surface area contributed by atoms with Crippen molar-refractivity contribution < 1.29 is 15.0 Å². The van der Waals surface area contributed by atoms with E-state index in [4.69, 9.17) is 5.11 Å². The molecule has 1 aromatic rings. The molecule has 0 aromatic heterocycles. The Morgan fingerprint density at radius 2 is 2.24 bits per heavy atom. The van der Waals surface area contributed by atoms with Crippen LogP contribution in [0.4, 0.5) is 0 Å². The third-order valence-electron chi connectivity index (χ3n) is 5.72. The van der Waals surface area contributed by atoms with E-state index in [9.17, 15) is 9.90 Å². The number of fused-ring (bicyclic) bond motifs is 4. The second-order valence-electron chi connectivity index (χ2n) is 6.75. The molecule has 2 bridgehead atoms. The standard InChI is InChI=1S/C17H23NO3/c1-11-15-9-12-3-4-13(19)10-14(12)17(11,2)6-8-18(15)7-5-16(20)21/h3-4,10-11,15,19H,5-9H2,1-2H3,(H,20,21)/t11-,15?,17-/m0/s1. The Hall–Kier alpha value is -1.55. The molecule has 1 fully saturated rings. The molecule has 1 saturated heterocycles. The summed E-state index contributed by atoms with van der Waals surface area (Å²) in [4.78, 5) is 13.2. The van der Waals surface area contributed by atoms with Gasteiger partial charge in [0.2, 0.25) is 0 Å². The summed E-state index contributed by atoms with van der Waals surface area (Å²) in [5.74, 6) is 0.0837. The summed E-state index contributed by atoms with van der Waals surface area (Å²) >= 11 is 0. The zero-order valence-electron chi connectivity index (χ0n) is 12.7. The molecule has 0 spiro atoms. The third-order valence-corrected chi connectivity index (χ3v) is 5.72. The van der Waals surface area contributed by atoms with Crippen molar-refractivity contribution in [2.24, 2.45) is 5.92 Å². The summed E-state index contributed by atoms with van der Waals surface area (Å²) in [6, 6.07) is 6.12. The number of carboxylic acid groups (broad SMARTS) is 1. The minimum absolute atomic E-state index is 0.0801. The fourth-order valence-electron chi connectivity index (χ4n) is 4.21.